The Balaban J connectivity index is 2.31. The maximum atomic E-state index is 10.8. The summed E-state index contributed by atoms with van der Waals surface area (Å²) < 4.78 is 4.92. The lowest BCUT2D eigenvalue weighted by molar-refractivity contribution is -0.122. The first-order valence-corrected chi connectivity index (χ1v) is 5.20. The highest BCUT2D eigenvalue weighted by molar-refractivity contribution is 5.88. The second-order valence-electron chi connectivity index (χ2n) is 3.38. The van der Waals surface area contributed by atoms with Crippen LogP contribution in [-0.2, 0) is 16.1 Å². The average Bonchev–Trinajstić information content (AvgIpc) is 2.33. The molecule has 0 aliphatic heterocycles. The highest BCUT2D eigenvalue weighted by atomic mass is 16.5. The SMILES string of the molecule is NC(=O)COCCNCc1ncncc1C(=O)O. The molecule has 0 atom stereocenters. The molecule has 98 valence electrons. The Morgan fingerprint density at radius 2 is 2.28 bits per heavy atom. The van der Waals surface area contributed by atoms with E-state index < -0.39 is 11.9 Å². The second-order valence-corrected chi connectivity index (χ2v) is 3.38. The lowest BCUT2D eigenvalue weighted by Gasteiger charge is -2.06. The van der Waals surface area contributed by atoms with Crippen LogP contribution in [0.5, 0.6) is 0 Å². The lowest BCUT2D eigenvalue weighted by atomic mass is 10.2. The Hall–Kier alpha value is -2.06. The zero-order valence-corrected chi connectivity index (χ0v) is 9.63. The van der Waals surface area contributed by atoms with Gasteiger partial charge in [-0.25, -0.2) is 14.8 Å². The third-order valence-corrected chi connectivity index (χ3v) is 1.99. The number of amides is 1. The van der Waals surface area contributed by atoms with Crippen molar-refractivity contribution in [2.75, 3.05) is 19.8 Å². The normalized spacial score (nSPS) is 10.2. The highest BCUT2D eigenvalue weighted by Crippen LogP contribution is 2.02. The molecule has 8 nitrogen and oxygen atoms in total. The smallest absolute Gasteiger partial charge is 0.339 e. The van der Waals surface area contributed by atoms with Gasteiger partial charge >= 0.3 is 5.97 Å². The molecule has 8 heteroatoms. The van der Waals surface area contributed by atoms with Crippen LogP contribution >= 0.6 is 0 Å². The molecular weight excluding hydrogens is 240 g/mol. The van der Waals surface area contributed by atoms with Crippen LogP contribution in [0, 0.1) is 0 Å². The molecular formula is C10H14N4O4. The number of ether oxygens (including phenoxy) is 1. The van der Waals surface area contributed by atoms with Gasteiger partial charge in [0.05, 0.1) is 12.3 Å². The van der Waals surface area contributed by atoms with Gasteiger partial charge in [0.15, 0.2) is 0 Å². The molecule has 0 aliphatic carbocycles. The molecule has 0 saturated heterocycles. The van der Waals surface area contributed by atoms with Gasteiger partial charge in [-0.2, -0.15) is 0 Å². The Labute approximate surface area is 103 Å². The number of hydrogen-bond donors (Lipinski definition) is 3. The van der Waals surface area contributed by atoms with E-state index >= 15 is 0 Å². The Morgan fingerprint density at radius 1 is 1.50 bits per heavy atom. The molecule has 0 fully saturated rings. The quantitative estimate of drug-likeness (QED) is 0.495. The predicted octanol–water partition coefficient (Wildman–Crippen LogP) is -1.23. The number of nitrogens with one attached hydrogen (secondary N) is 1. The molecule has 0 saturated carbocycles. The molecule has 0 bridgehead atoms. The number of primary amides is 1. The first-order valence-electron chi connectivity index (χ1n) is 5.20. The Bertz CT molecular complexity index is 424. The van der Waals surface area contributed by atoms with E-state index in [0.29, 0.717) is 18.8 Å². The number of carboxylic acids is 1. The van der Waals surface area contributed by atoms with Crippen molar-refractivity contribution in [3.63, 3.8) is 0 Å². The topological polar surface area (TPSA) is 127 Å². The number of rotatable bonds is 8. The van der Waals surface area contributed by atoms with E-state index in [1.807, 2.05) is 0 Å². The summed E-state index contributed by atoms with van der Waals surface area (Å²) in [4.78, 5) is 28.7. The zero-order chi connectivity index (χ0) is 13.4. The summed E-state index contributed by atoms with van der Waals surface area (Å²) in [7, 11) is 0. The number of carbonyl (C=O) groups is 2. The third kappa shape index (κ3) is 4.85. The van der Waals surface area contributed by atoms with Crippen molar-refractivity contribution in [2.45, 2.75) is 6.54 Å². The monoisotopic (exact) mass is 254 g/mol. The minimum atomic E-state index is -1.07. The fourth-order valence-electron chi connectivity index (χ4n) is 1.20. The second kappa shape index (κ2) is 7.30. The van der Waals surface area contributed by atoms with Crippen LogP contribution in [0.2, 0.25) is 0 Å². The van der Waals surface area contributed by atoms with E-state index in [2.05, 4.69) is 15.3 Å². The Morgan fingerprint density at radius 3 is 2.94 bits per heavy atom. The van der Waals surface area contributed by atoms with E-state index in [-0.39, 0.29) is 18.7 Å². The van der Waals surface area contributed by atoms with E-state index in [9.17, 15) is 9.59 Å². The van der Waals surface area contributed by atoms with Crippen LogP contribution in [-0.4, -0.2) is 46.7 Å². The van der Waals surface area contributed by atoms with Crippen LogP contribution in [0.15, 0.2) is 12.5 Å². The maximum absolute atomic E-state index is 10.8. The molecule has 0 spiro atoms. The molecule has 0 unspecified atom stereocenters. The van der Waals surface area contributed by atoms with Gasteiger partial charge in [0.25, 0.3) is 0 Å². The van der Waals surface area contributed by atoms with Crippen LogP contribution < -0.4 is 11.1 Å². The van der Waals surface area contributed by atoms with Gasteiger partial charge in [0, 0.05) is 19.3 Å². The number of nitrogens with two attached hydrogens (primary N) is 1. The molecule has 1 rings (SSSR count). The lowest BCUT2D eigenvalue weighted by Crippen LogP contribution is -2.24. The summed E-state index contributed by atoms with van der Waals surface area (Å²) in [5, 5.41) is 11.8. The van der Waals surface area contributed by atoms with Crippen molar-refractivity contribution in [3.05, 3.63) is 23.8 Å². The highest BCUT2D eigenvalue weighted by Gasteiger charge is 2.10. The molecule has 18 heavy (non-hydrogen) atoms. The maximum Gasteiger partial charge on any atom is 0.339 e. The standard InChI is InChI=1S/C10H14N4O4/c11-9(15)5-18-2-1-12-4-8-7(10(16)17)3-13-6-14-8/h3,6,12H,1-2,4-5H2,(H2,11,15)(H,16,17). The molecule has 1 aromatic heterocycles. The minimum Gasteiger partial charge on any atom is -0.478 e. The summed E-state index contributed by atoms with van der Waals surface area (Å²) in [5.74, 6) is -1.60. The van der Waals surface area contributed by atoms with E-state index in [4.69, 9.17) is 15.6 Å². The van der Waals surface area contributed by atoms with E-state index in [0.717, 1.165) is 0 Å². The number of nitrogens with zero attached hydrogens (tertiary/aromatic N) is 2. The fourth-order valence-corrected chi connectivity index (χ4v) is 1.20. The average molecular weight is 254 g/mol. The van der Waals surface area contributed by atoms with Crippen molar-refractivity contribution >= 4 is 11.9 Å². The van der Waals surface area contributed by atoms with Gasteiger partial charge in [-0.15, -0.1) is 0 Å². The number of aromatic carboxylic acids is 1. The van der Waals surface area contributed by atoms with Crippen molar-refractivity contribution in [2.24, 2.45) is 5.73 Å². The molecule has 0 aromatic carbocycles. The molecule has 1 aromatic rings. The largest absolute Gasteiger partial charge is 0.478 e. The summed E-state index contributed by atoms with van der Waals surface area (Å²) in [6.07, 6.45) is 2.53. The molecule has 4 N–H and O–H groups in total. The van der Waals surface area contributed by atoms with Gasteiger partial charge < -0.3 is 20.9 Å². The summed E-state index contributed by atoms with van der Waals surface area (Å²) in [5.41, 5.74) is 5.34. The predicted molar refractivity (Wildman–Crippen MR) is 60.7 cm³/mol. The molecule has 0 radical (unpaired) electrons. The van der Waals surface area contributed by atoms with Crippen molar-refractivity contribution < 1.29 is 19.4 Å². The third-order valence-electron chi connectivity index (χ3n) is 1.99. The van der Waals surface area contributed by atoms with Gasteiger partial charge in [-0.1, -0.05) is 0 Å². The van der Waals surface area contributed by atoms with E-state index in [1.54, 1.807) is 0 Å². The van der Waals surface area contributed by atoms with Crippen molar-refractivity contribution in [1.29, 1.82) is 0 Å². The fraction of sp³-hybridized carbons (Fsp3) is 0.400. The van der Waals surface area contributed by atoms with Crippen molar-refractivity contribution in [1.82, 2.24) is 15.3 Å². The van der Waals surface area contributed by atoms with Crippen LogP contribution in [0.3, 0.4) is 0 Å². The van der Waals surface area contributed by atoms with Crippen LogP contribution in [0.25, 0.3) is 0 Å². The summed E-state index contributed by atoms with van der Waals surface area (Å²) in [6.45, 7) is 0.909. The van der Waals surface area contributed by atoms with Gasteiger partial charge in [0.2, 0.25) is 5.91 Å². The number of carbonyl (C=O) groups excluding carboxylic acids is 1. The Kier molecular flexibility index (Phi) is 5.68. The summed E-state index contributed by atoms with van der Waals surface area (Å²) in [6, 6.07) is 0. The minimum absolute atomic E-state index is 0.0584. The number of carboxylic acid groups (broad SMARTS) is 1. The van der Waals surface area contributed by atoms with Crippen molar-refractivity contribution in [3.8, 4) is 0 Å². The van der Waals surface area contributed by atoms with Crippen LogP contribution in [0.1, 0.15) is 16.1 Å². The molecule has 1 heterocycles. The number of hydrogen-bond acceptors (Lipinski definition) is 6. The summed E-state index contributed by atoms with van der Waals surface area (Å²) >= 11 is 0. The molecule has 1 amide bonds. The van der Waals surface area contributed by atoms with Gasteiger partial charge in [-0.05, 0) is 0 Å². The zero-order valence-electron chi connectivity index (χ0n) is 9.63. The van der Waals surface area contributed by atoms with Gasteiger partial charge in [0.1, 0.15) is 18.5 Å². The number of aromatic nitrogens is 2. The van der Waals surface area contributed by atoms with Gasteiger partial charge in [-0.3, -0.25) is 4.79 Å². The van der Waals surface area contributed by atoms with E-state index in [1.165, 1.54) is 12.5 Å². The molecule has 0 aliphatic rings. The first kappa shape index (κ1) is 14.0. The first-order chi connectivity index (χ1) is 8.61. The van der Waals surface area contributed by atoms with Crippen LogP contribution in [0.4, 0.5) is 0 Å².